The molecule has 47 heavy (non-hydrogen) atoms. The van der Waals surface area contributed by atoms with Crippen molar-refractivity contribution in [1.29, 1.82) is 0 Å². The Morgan fingerprint density at radius 3 is 2.38 bits per heavy atom. The number of carbonyl (C=O) groups is 1. The number of sulfone groups is 1. The largest absolute Gasteiger partial charge is 0.507 e. The normalized spacial score (nSPS) is 16.1. The van der Waals surface area contributed by atoms with Gasteiger partial charge >= 0.3 is 0 Å². The third kappa shape index (κ3) is 5.35. The van der Waals surface area contributed by atoms with Gasteiger partial charge in [-0.05, 0) is 61.6 Å². The Kier molecular flexibility index (Phi) is 7.94. The average molecular weight is 664 g/mol. The summed E-state index contributed by atoms with van der Waals surface area (Å²) in [7, 11) is -4.22. The first kappa shape index (κ1) is 32.3. The van der Waals surface area contributed by atoms with Crippen LogP contribution in [0.3, 0.4) is 0 Å². The van der Waals surface area contributed by atoms with Gasteiger partial charge in [-0.15, -0.1) is 0 Å². The summed E-state index contributed by atoms with van der Waals surface area (Å²) in [6.45, 7) is 10.8. The number of phenols is 1. The molecular formula is C34H35F2N5O5S. The molecule has 0 saturated carbocycles. The van der Waals surface area contributed by atoms with Crippen molar-refractivity contribution in [1.82, 2.24) is 19.4 Å². The van der Waals surface area contributed by atoms with Crippen molar-refractivity contribution in [3.63, 3.8) is 0 Å². The van der Waals surface area contributed by atoms with E-state index in [1.54, 1.807) is 29.0 Å². The van der Waals surface area contributed by atoms with Crippen molar-refractivity contribution in [2.24, 2.45) is 5.41 Å². The van der Waals surface area contributed by atoms with Crippen LogP contribution in [0.4, 0.5) is 14.5 Å². The third-order valence-electron chi connectivity index (χ3n) is 9.24. The van der Waals surface area contributed by atoms with Crippen molar-refractivity contribution in [3.8, 4) is 22.7 Å². The predicted molar refractivity (Wildman–Crippen MR) is 175 cm³/mol. The maximum absolute atomic E-state index is 16.1. The standard InChI is InChI=1S/C34H35F2N5O5S/c1-6-25(43)40-17-34(18-40)11-14-39(15-12-34)30-21-16-23(36)28(26-22(35)8-7-9-24(26)42)38-32(21)41(33(44)31(30)47(5,45)46)29-20(4)10-13-37-27(29)19(2)3/h6-10,13,16,19,42H,1,11-12,14-15,17-18H2,2-5H3. The SMILES string of the molecule is C=CC(=O)N1CC2(CCN(c3c(S(C)(=O)=O)c(=O)n(-c4c(C)ccnc4C(C)C)c4nc(-c5c(O)cccc5F)c(F)cc34)CC2)C1. The molecule has 4 aromatic rings. The molecule has 0 bridgehead atoms. The molecule has 2 fully saturated rings. The van der Waals surface area contributed by atoms with Crippen LogP contribution < -0.4 is 10.5 Å². The number of phenolic OH excluding ortho intramolecular Hbond substituents is 1. The number of carbonyl (C=O) groups excluding carboxylic acids is 1. The van der Waals surface area contributed by atoms with Gasteiger partial charge in [-0.1, -0.05) is 26.5 Å². The second-order valence-electron chi connectivity index (χ2n) is 12.8. The van der Waals surface area contributed by atoms with E-state index in [9.17, 15) is 23.1 Å². The minimum absolute atomic E-state index is 0.0142. The van der Waals surface area contributed by atoms with Gasteiger partial charge in [0.2, 0.25) is 5.91 Å². The molecule has 13 heteroatoms. The van der Waals surface area contributed by atoms with E-state index in [1.165, 1.54) is 18.2 Å². The fraction of sp³-hybridized carbons (Fsp3) is 0.353. The van der Waals surface area contributed by atoms with Crippen LogP contribution in [-0.2, 0) is 14.6 Å². The Hall–Kier alpha value is -4.65. The molecule has 0 radical (unpaired) electrons. The summed E-state index contributed by atoms with van der Waals surface area (Å²) < 4.78 is 59.5. The second kappa shape index (κ2) is 11.5. The van der Waals surface area contributed by atoms with Crippen molar-refractivity contribution >= 4 is 32.5 Å². The van der Waals surface area contributed by atoms with E-state index in [1.807, 2.05) is 13.8 Å². The summed E-state index contributed by atoms with van der Waals surface area (Å²) in [5, 5.41) is 10.6. The van der Waals surface area contributed by atoms with Crippen LogP contribution >= 0.6 is 0 Å². The number of piperidine rings is 1. The van der Waals surface area contributed by atoms with Crippen LogP contribution in [0.15, 0.2) is 58.9 Å². The third-order valence-corrected chi connectivity index (χ3v) is 10.3. The highest BCUT2D eigenvalue weighted by atomic mass is 32.2. The lowest BCUT2D eigenvalue weighted by Crippen LogP contribution is -2.61. The molecule has 1 N–H and O–H groups in total. The number of fused-ring (bicyclic) bond motifs is 1. The molecule has 2 aliphatic rings. The highest BCUT2D eigenvalue weighted by Gasteiger charge is 2.47. The summed E-state index contributed by atoms with van der Waals surface area (Å²) in [4.78, 5) is 38.7. The molecule has 2 aliphatic heterocycles. The van der Waals surface area contributed by atoms with Crippen LogP contribution in [-0.4, -0.2) is 71.3 Å². The van der Waals surface area contributed by atoms with Crippen LogP contribution in [0, 0.1) is 24.0 Å². The lowest BCUT2D eigenvalue weighted by Gasteiger charge is -2.54. The number of rotatable bonds is 6. The van der Waals surface area contributed by atoms with Gasteiger partial charge < -0.3 is 14.9 Å². The Labute approximate surface area is 270 Å². The number of aryl methyl sites for hydroxylation is 1. The van der Waals surface area contributed by atoms with Gasteiger partial charge in [0.15, 0.2) is 26.2 Å². The fourth-order valence-electron chi connectivity index (χ4n) is 6.88. The molecule has 1 aromatic carbocycles. The van der Waals surface area contributed by atoms with E-state index in [0.29, 0.717) is 50.3 Å². The number of anilines is 1. The van der Waals surface area contributed by atoms with Gasteiger partial charge in [0.1, 0.15) is 17.3 Å². The quantitative estimate of drug-likeness (QED) is 0.290. The van der Waals surface area contributed by atoms with E-state index in [2.05, 4.69) is 16.5 Å². The molecule has 2 saturated heterocycles. The molecule has 0 aliphatic carbocycles. The van der Waals surface area contributed by atoms with Gasteiger partial charge in [-0.3, -0.25) is 19.1 Å². The molecule has 246 valence electrons. The van der Waals surface area contributed by atoms with Gasteiger partial charge in [-0.25, -0.2) is 22.2 Å². The number of hydrogen-bond acceptors (Lipinski definition) is 8. The van der Waals surface area contributed by atoms with Crippen molar-refractivity contribution < 1.29 is 27.1 Å². The molecular weight excluding hydrogens is 628 g/mol. The number of nitrogens with zero attached hydrogens (tertiary/aromatic N) is 5. The Morgan fingerprint density at radius 1 is 1.11 bits per heavy atom. The molecule has 1 amide bonds. The van der Waals surface area contributed by atoms with Crippen LogP contribution in [0.25, 0.3) is 28.0 Å². The number of halogens is 2. The monoisotopic (exact) mass is 663 g/mol. The van der Waals surface area contributed by atoms with Crippen molar-refractivity contribution in [2.75, 3.05) is 37.3 Å². The lowest BCUT2D eigenvalue weighted by atomic mass is 9.72. The maximum atomic E-state index is 16.1. The minimum Gasteiger partial charge on any atom is -0.507 e. The van der Waals surface area contributed by atoms with Crippen LogP contribution in [0.2, 0.25) is 0 Å². The molecule has 1 spiro atoms. The predicted octanol–water partition coefficient (Wildman–Crippen LogP) is 4.88. The van der Waals surface area contributed by atoms with Crippen molar-refractivity contribution in [3.05, 3.63) is 82.4 Å². The average Bonchev–Trinajstić information content (AvgIpc) is 2.99. The molecule has 6 rings (SSSR count). The summed E-state index contributed by atoms with van der Waals surface area (Å²) in [6, 6.07) is 6.25. The van der Waals surface area contributed by atoms with Gasteiger partial charge in [0, 0.05) is 49.4 Å². The summed E-state index contributed by atoms with van der Waals surface area (Å²) >= 11 is 0. The molecule has 3 aromatic heterocycles. The topological polar surface area (TPSA) is 126 Å². The maximum Gasteiger partial charge on any atom is 0.277 e. The number of pyridine rings is 3. The Morgan fingerprint density at radius 2 is 1.79 bits per heavy atom. The fourth-order valence-corrected chi connectivity index (χ4v) is 7.88. The number of hydrogen-bond donors (Lipinski definition) is 1. The number of aromatic nitrogens is 3. The number of amides is 1. The van der Waals surface area contributed by atoms with E-state index in [-0.39, 0.29) is 39.6 Å². The highest BCUT2D eigenvalue weighted by molar-refractivity contribution is 7.90. The summed E-state index contributed by atoms with van der Waals surface area (Å²) in [5.41, 5.74) is -0.834. The van der Waals surface area contributed by atoms with E-state index in [4.69, 9.17) is 0 Å². The number of aromatic hydroxyl groups is 1. The number of likely N-dealkylation sites (tertiary alicyclic amines) is 1. The Balaban J connectivity index is 1.65. The minimum atomic E-state index is -4.22. The van der Waals surface area contributed by atoms with E-state index >= 15 is 8.78 Å². The second-order valence-corrected chi connectivity index (χ2v) is 14.8. The molecule has 0 atom stereocenters. The molecule has 0 unspecified atom stereocenters. The highest BCUT2D eigenvalue weighted by Crippen LogP contribution is 2.44. The first-order chi connectivity index (χ1) is 22.2. The van der Waals surface area contributed by atoms with Gasteiger partial charge in [-0.2, -0.15) is 0 Å². The van der Waals surface area contributed by atoms with E-state index < -0.39 is 48.9 Å². The first-order valence-corrected chi connectivity index (χ1v) is 17.2. The van der Waals surface area contributed by atoms with E-state index in [0.717, 1.165) is 23.0 Å². The van der Waals surface area contributed by atoms with Gasteiger partial charge in [0.25, 0.3) is 5.56 Å². The van der Waals surface area contributed by atoms with Gasteiger partial charge in [0.05, 0.1) is 22.6 Å². The van der Waals surface area contributed by atoms with Crippen LogP contribution in [0.5, 0.6) is 5.75 Å². The lowest BCUT2D eigenvalue weighted by molar-refractivity contribution is -0.139. The Bertz CT molecular complexity index is 2110. The van der Waals surface area contributed by atoms with Crippen LogP contribution in [0.1, 0.15) is 43.9 Å². The summed E-state index contributed by atoms with van der Waals surface area (Å²) in [6.07, 6.45) is 4.98. The number of benzene rings is 1. The first-order valence-electron chi connectivity index (χ1n) is 15.3. The zero-order chi connectivity index (χ0) is 34.0. The molecule has 10 nitrogen and oxygen atoms in total. The summed E-state index contributed by atoms with van der Waals surface area (Å²) in [5.74, 6) is -2.86. The zero-order valence-corrected chi connectivity index (χ0v) is 27.4. The molecule has 5 heterocycles. The zero-order valence-electron chi connectivity index (χ0n) is 26.5. The smallest absolute Gasteiger partial charge is 0.277 e. The van der Waals surface area contributed by atoms with Crippen molar-refractivity contribution in [2.45, 2.75) is 44.4 Å².